The number of ether oxygens (including phenoxy) is 2. The van der Waals surface area contributed by atoms with Crippen molar-refractivity contribution in [3.8, 4) is 11.5 Å². The van der Waals surface area contributed by atoms with E-state index < -0.39 is 0 Å². The summed E-state index contributed by atoms with van der Waals surface area (Å²) >= 11 is 0. The van der Waals surface area contributed by atoms with Crippen LogP contribution in [0, 0.1) is 5.92 Å². The zero-order chi connectivity index (χ0) is 10.5. The highest BCUT2D eigenvalue weighted by Gasteiger charge is 2.21. The van der Waals surface area contributed by atoms with Gasteiger partial charge in [0.2, 0.25) is 0 Å². The van der Waals surface area contributed by atoms with Gasteiger partial charge in [0, 0.05) is 0 Å². The standard InChI is InChI=1S/C12H16O3/c13-7-8-14-11-3-5-12(6-4-11)15-9-10-1-2-10/h3-6,10,13H,1-2,7-9H2. The average molecular weight is 208 g/mol. The first-order valence-electron chi connectivity index (χ1n) is 5.35. The molecule has 0 spiro atoms. The first-order chi connectivity index (χ1) is 7.38. The molecule has 1 aliphatic rings. The normalized spacial score (nSPS) is 15.0. The minimum Gasteiger partial charge on any atom is -0.493 e. The maximum atomic E-state index is 8.58. The Kier molecular flexibility index (Phi) is 3.45. The highest BCUT2D eigenvalue weighted by Crippen LogP contribution is 2.29. The van der Waals surface area contributed by atoms with E-state index in [0.717, 1.165) is 24.0 Å². The van der Waals surface area contributed by atoms with Crippen molar-refractivity contribution in [3.05, 3.63) is 24.3 Å². The van der Waals surface area contributed by atoms with Gasteiger partial charge in [0.25, 0.3) is 0 Å². The van der Waals surface area contributed by atoms with Crippen molar-refractivity contribution in [1.29, 1.82) is 0 Å². The second kappa shape index (κ2) is 5.03. The van der Waals surface area contributed by atoms with Gasteiger partial charge in [-0.3, -0.25) is 0 Å². The summed E-state index contributed by atoms with van der Waals surface area (Å²) in [6, 6.07) is 7.51. The van der Waals surface area contributed by atoms with E-state index >= 15 is 0 Å². The zero-order valence-corrected chi connectivity index (χ0v) is 8.69. The summed E-state index contributed by atoms with van der Waals surface area (Å²) in [6.45, 7) is 1.21. The number of rotatable bonds is 6. The molecule has 0 aromatic heterocycles. The number of aliphatic hydroxyl groups is 1. The molecule has 1 aromatic carbocycles. The second-order valence-electron chi connectivity index (χ2n) is 3.80. The Hall–Kier alpha value is -1.22. The molecule has 2 rings (SSSR count). The van der Waals surface area contributed by atoms with Gasteiger partial charge in [-0.2, -0.15) is 0 Å². The van der Waals surface area contributed by atoms with Gasteiger partial charge in [0.15, 0.2) is 0 Å². The van der Waals surface area contributed by atoms with E-state index in [-0.39, 0.29) is 6.61 Å². The molecule has 1 saturated carbocycles. The van der Waals surface area contributed by atoms with Gasteiger partial charge in [-0.25, -0.2) is 0 Å². The molecule has 0 atom stereocenters. The Bertz CT molecular complexity index is 290. The molecule has 0 bridgehead atoms. The Balaban J connectivity index is 1.79. The van der Waals surface area contributed by atoms with Crippen molar-refractivity contribution in [2.45, 2.75) is 12.8 Å². The lowest BCUT2D eigenvalue weighted by Gasteiger charge is -2.07. The molecule has 0 saturated heterocycles. The van der Waals surface area contributed by atoms with E-state index in [9.17, 15) is 0 Å². The summed E-state index contributed by atoms with van der Waals surface area (Å²) < 4.78 is 10.8. The molecular formula is C12H16O3. The van der Waals surface area contributed by atoms with Crippen molar-refractivity contribution in [3.63, 3.8) is 0 Å². The molecule has 0 heterocycles. The average Bonchev–Trinajstić information content (AvgIpc) is 3.09. The van der Waals surface area contributed by atoms with Crippen LogP contribution in [-0.2, 0) is 0 Å². The smallest absolute Gasteiger partial charge is 0.119 e. The molecule has 1 N–H and O–H groups in total. The van der Waals surface area contributed by atoms with Gasteiger partial charge in [-0.15, -0.1) is 0 Å². The fourth-order valence-corrected chi connectivity index (χ4v) is 1.29. The number of benzene rings is 1. The van der Waals surface area contributed by atoms with Crippen molar-refractivity contribution in [2.24, 2.45) is 5.92 Å². The van der Waals surface area contributed by atoms with Gasteiger partial charge in [0.05, 0.1) is 13.2 Å². The third-order valence-corrected chi connectivity index (χ3v) is 2.37. The van der Waals surface area contributed by atoms with Crippen LogP contribution in [0.2, 0.25) is 0 Å². The van der Waals surface area contributed by atoms with E-state index in [1.165, 1.54) is 12.8 Å². The monoisotopic (exact) mass is 208 g/mol. The summed E-state index contributed by atoms with van der Waals surface area (Å²) in [6.07, 6.45) is 2.61. The third kappa shape index (κ3) is 3.44. The summed E-state index contributed by atoms with van der Waals surface area (Å²) in [5.74, 6) is 2.43. The Morgan fingerprint density at radius 3 is 2.20 bits per heavy atom. The topological polar surface area (TPSA) is 38.7 Å². The van der Waals surface area contributed by atoms with E-state index in [0.29, 0.717) is 6.61 Å². The van der Waals surface area contributed by atoms with Crippen molar-refractivity contribution in [1.82, 2.24) is 0 Å². The van der Waals surface area contributed by atoms with Crippen molar-refractivity contribution >= 4 is 0 Å². The SMILES string of the molecule is OCCOc1ccc(OCC2CC2)cc1. The predicted molar refractivity (Wildman–Crippen MR) is 57.2 cm³/mol. The van der Waals surface area contributed by atoms with Gasteiger partial charge in [-0.05, 0) is 43.0 Å². The van der Waals surface area contributed by atoms with Crippen molar-refractivity contribution < 1.29 is 14.6 Å². The quantitative estimate of drug-likeness (QED) is 0.775. The van der Waals surface area contributed by atoms with Crippen LogP contribution in [-0.4, -0.2) is 24.9 Å². The molecule has 82 valence electrons. The molecule has 0 unspecified atom stereocenters. The summed E-state index contributed by atoms with van der Waals surface area (Å²) in [4.78, 5) is 0. The Morgan fingerprint density at radius 1 is 1.07 bits per heavy atom. The maximum absolute atomic E-state index is 8.58. The molecule has 3 nitrogen and oxygen atoms in total. The first-order valence-corrected chi connectivity index (χ1v) is 5.35. The first kappa shape index (κ1) is 10.3. The van der Waals surface area contributed by atoms with Crippen LogP contribution in [0.25, 0.3) is 0 Å². The van der Waals surface area contributed by atoms with Crippen LogP contribution in [0.3, 0.4) is 0 Å². The highest BCUT2D eigenvalue weighted by atomic mass is 16.5. The minimum absolute atomic E-state index is 0.0416. The number of hydrogen-bond acceptors (Lipinski definition) is 3. The lowest BCUT2D eigenvalue weighted by atomic mass is 10.3. The molecule has 0 aliphatic heterocycles. The Morgan fingerprint density at radius 2 is 1.67 bits per heavy atom. The van der Waals surface area contributed by atoms with Gasteiger partial charge in [0.1, 0.15) is 18.1 Å². The molecular weight excluding hydrogens is 192 g/mol. The largest absolute Gasteiger partial charge is 0.493 e. The predicted octanol–water partition coefficient (Wildman–Crippen LogP) is 1.85. The lowest BCUT2D eigenvalue weighted by molar-refractivity contribution is 0.201. The zero-order valence-electron chi connectivity index (χ0n) is 8.69. The highest BCUT2D eigenvalue weighted by molar-refractivity contribution is 5.31. The summed E-state index contributed by atoms with van der Waals surface area (Å²) in [7, 11) is 0. The van der Waals surface area contributed by atoms with E-state index in [1.807, 2.05) is 24.3 Å². The van der Waals surface area contributed by atoms with Crippen LogP contribution in [0.4, 0.5) is 0 Å². The van der Waals surface area contributed by atoms with Crippen molar-refractivity contribution in [2.75, 3.05) is 19.8 Å². The van der Waals surface area contributed by atoms with Crippen LogP contribution in [0.1, 0.15) is 12.8 Å². The molecule has 1 aromatic rings. The van der Waals surface area contributed by atoms with E-state index in [4.69, 9.17) is 14.6 Å². The number of hydrogen-bond donors (Lipinski definition) is 1. The van der Waals surface area contributed by atoms with E-state index in [2.05, 4.69) is 0 Å². The lowest BCUT2D eigenvalue weighted by Crippen LogP contribution is -2.02. The van der Waals surface area contributed by atoms with Gasteiger partial charge < -0.3 is 14.6 Å². The fraction of sp³-hybridized carbons (Fsp3) is 0.500. The summed E-state index contributed by atoms with van der Waals surface area (Å²) in [5.41, 5.74) is 0. The van der Waals surface area contributed by atoms with Gasteiger partial charge >= 0.3 is 0 Å². The van der Waals surface area contributed by atoms with Crippen LogP contribution >= 0.6 is 0 Å². The maximum Gasteiger partial charge on any atom is 0.119 e. The third-order valence-electron chi connectivity index (χ3n) is 2.37. The molecule has 1 fully saturated rings. The second-order valence-corrected chi connectivity index (χ2v) is 3.80. The van der Waals surface area contributed by atoms with Crippen LogP contribution in [0.15, 0.2) is 24.3 Å². The molecule has 0 radical (unpaired) electrons. The van der Waals surface area contributed by atoms with Crippen LogP contribution in [0.5, 0.6) is 11.5 Å². The summed E-state index contributed by atoms with van der Waals surface area (Å²) in [5, 5.41) is 8.58. The van der Waals surface area contributed by atoms with Crippen LogP contribution < -0.4 is 9.47 Å². The fourth-order valence-electron chi connectivity index (χ4n) is 1.29. The van der Waals surface area contributed by atoms with E-state index in [1.54, 1.807) is 0 Å². The number of aliphatic hydroxyl groups excluding tert-OH is 1. The van der Waals surface area contributed by atoms with Gasteiger partial charge in [-0.1, -0.05) is 0 Å². The molecule has 1 aliphatic carbocycles. The molecule has 3 heteroatoms. The molecule has 15 heavy (non-hydrogen) atoms. The minimum atomic E-state index is 0.0416. The molecule has 0 amide bonds. The Labute approximate surface area is 89.6 Å².